The molecule has 0 saturated carbocycles. The molecule has 2 aliphatic rings. The molecular formula is C28H27F2N5O5S. The first-order valence-corrected chi connectivity index (χ1v) is 14.2. The molecule has 4 aromatic rings. The van der Waals surface area contributed by atoms with Crippen molar-refractivity contribution in [1.29, 1.82) is 0 Å². The first-order valence-electron chi connectivity index (χ1n) is 13.1. The van der Waals surface area contributed by atoms with Crippen LogP contribution in [0.2, 0.25) is 0 Å². The third kappa shape index (κ3) is 4.59. The van der Waals surface area contributed by atoms with Crippen molar-refractivity contribution in [3.05, 3.63) is 71.6 Å². The van der Waals surface area contributed by atoms with Crippen LogP contribution in [-0.2, 0) is 28.8 Å². The van der Waals surface area contributed by atoms with Gasteiger partial charge in [0, 0.05) is 55.1 Å². The summed E-state index contributed by atoms with van der Waals surface area (Å²) in [5.41, 5.74) is 1.26. The van der Waals surface area contributed by atoms with Crippen molar-refractivity contribution in [2.45, 2.75) is 24.9 Å². The zero-order valence-corrected chi connectivity index (χ0v) is 22.9. The van der Waals surface area contributed by atoms with Crippen LogP contribution in [0.15, 0.2) is 53.6 Å². The number of halogens is 2. The molecule has 13 heteroatoms. The molecule has 2 aromatic carbocycles. The van der Waals surface area contributed by atoms with Crippen LogP contribution in [0.4, 0.5) is 25.0 Å². The number of urea groups is 1. The minimum absolute atomic E-state index is 0.140. The number of carbonyl (C=O) groups is 1. The van der Waals surface area contributed by atoms with Crippen LogP contribution in [0, 0.1) is 11.6 Å². The lowest BCUT2D eigenvalue weighted by Gasteiger charge is -2.37. The van der Waals surface area contributed by atoms with E-state index in [1.165, 1.54) is 11.1 Å². The molecule has 2 aliphatic heterocycles. The van der Waals surface area contributed by atoms with E-state index in [1.807, 2.05) is 12.1 Å². The Kier molecular flexibility index (Phi) is 7.09. The summed E-state index contributed by atoms with van der Waals surface area (Å²) in [4.78, 5) is 23.3. The molecule has 2 aromatic heterocycles. The number of fused-ring (bicyclic) bond motifs is 3. The van der Waals surface area contributed by atoms with Gasteiger partial charge in [-0.05, 0) is 25.1 Å². The number of pyridine rings is 1. The van der Waals surface area contributed by atoms with Gasteiger partial charge in [0.2, 0.25) is 0 Å². The molecule has 1 saturated heterocycles. The first-order chi connectivity index (χ1) is 19.8. The van der Waals surface area contributed by atoms with Crippen molar-refractivity contribution < 1.29 is 32.7 Å². The molecule has 41 heavy (non-hydrogen) atoms. The largest absolute Gasteiger partial charge is 0.505 e. The number of phenols is 2. The van der Waals surface area contributed by atoms with Gasteiger partial charge in [0.1, 0.15) is 5.69 Å². The van der Waals surface area contributed by atoms with Crippen LogP contribution in [0.5, 0.6) is 11.5 Å². The van der Waals surface area contributed by atoms with Gasteiger partial charge in [-0.2, -0.15) is 0 Å². The van der Waals surface area contributed by atoms with Crippen LogP contribution in [-0.4, -0.2) is 67.2 Å². The fourth-order valence-electron chi connectivity index (χ4n) is 5.34. The third-order valence-electron chi connectivity index (χ3n) is 7.29. The van der Waals surface area contributed by atoms with Crippen molar-refractivity contribution in [3.8, 4) is 11.5 Å². The minimum atomic E-state index is -1.65. The maximum absolute atomic E-state index is 14.9. The lowest BCUT2D eigenvalue weighted by Crippen LogP contribution is -2.48. The quantitative estimate of drug-likeness (QED) is 0.352. The Morgan fingerprint density at radius 3 is 2.37 bits per heavy atom. The number of amides is 2. The highest BCUT2D eigenvalue weighted by Gasteiger charge is 2.37. The number of ether oxygens (including phenoxy) is 1. The average molecular weight is 584 g/mol. The predicted molar refractivity (Wildman–Crippen MR) is 148 cm³/mol. The van der Waals surface area contributed by atoms with Gasteiger partial charge in [0.05, 0.1) is 30.3 Å². The maximum Gasteiger partial charge on any atom is 0.329 e. The van der Waals surface area contributed by atoms with Gasteiger partial charge < -0.3 is 14.9 Å². The minimum Gasteiger partial charge on any atom is -0.505 e. The highest BCUT2D eigenvalue weighted by Crippen LogP contribution is 2.42. The summed E-state index contributed by atoms with van der Waals surface area (Å²) in [5.74, 6) is -4.69. The summed E-state index contributed by atoms with van der Waals surface area (Å²) in [7, 11) is -1.65. The Labute approximate surface area is 236 Å². The number of aromatic hydroxyl groups is 2. The normalized spacial score (nSPS) is 16.8. The molecule has 2 amide bonds. The van der Waals surface area contributed by atoms with Crippen molar-refractivity contribution in [2.24, 2.45) is 0 Å². The van der Waals surface area contributed by atoms with Gasteiger partial charge >= 0.3 is 6.03 Å². The van der Waals surface area contributed by atoms with E-state index in [2.05, 4.69) is 9.88 Å². The van der Waals surface area contributed by atoms with Gasteiger partial charge in [0.15, 0.2) is 39.8 Å². The average Bonchev–Trinajstić information content (AvgIpc) is 3.35. The fourth-order valence-corrected chi connectivity index (χ4v) is 6.57. The van der Waals surface area contributed by atoms with E-state index < -0.39 is 45.8 Å². The monoisotopic (exact) mass is 583 g/mol. The molecule has 0 spiro atoms. The zero-order valence-electron chi connectivity index (χ0n) is 22.1. The van der Waals surface area contributed by atoms with Crippen molar-refractivity contribution in [1.82, 2.24) is 13.9 Å². The van der Waals surface area contributed by atoms with Gasteiger partial charge in [-0.25, -0.2) is 26.7 Å². The lowest BCUT2D eigenvalue weighted by molar-refractivity contribution is 0.0336. The molecule has 1 fully saturated rings. The maximum atomic E-state index is 14.9. The van der Waals surface area contributed by atoms with E-state index in [0.29, 0.717) is 66.1 Å². The Balaban J connectivity index is 1.51. The SMILES string of the molecule is CCN1C(=O)N(c2c(F)c(O)cc(O)c2F)Cc2cnc3c(cc(CN4CCOCC4)n3S(=O)c3ccccc3)c21. The van der Waals surface area contributed by atoms with E-state index in [4.69, 9.17) is 4.74 Å². The molecule has 4 heterocycles. The lowest BCUT2D eigenvalue weighted by atomic mass is 10.1. The third-order valence-corrected chi connectivity index (χ3v) is 8.71. The molecule has 214 valence electrons. The number of phenolic OH excluding ortho intramolecular Hbond substituents is 2. The standard InChI is InChI=1S/C28H27F2N5O5S/c1-2-33-25-17(15-34(28(33)38)26-23(29)21(36)13-22(37)24(26)30)14-31-27-20(25)12-18(16-32-8-10-40-11-9-32)35(27)41(39)19-6-4-3-5-7-19/h3-7,12-14,36-37H,2,8-11,15-16H2,1H3. The molecular weight excluding hydrogens is 556 g/mol. The van der Waals surface area contributed by atoms with E-state index in [1.54, 1.807) is 35.2 Å². The number of carbonyl (C=O) groups excluding carboxylic acids is 1. The van der Waals surface area contributed by atoms with E-state index in [9.17, 15) is 28.0 Å². The number of anilines is 2. The summed E-state index contributed by atoms with van der Waals surface area (Å²) in [6.45, 7) is 4.64. The molecule has 1 atom stereocenters. The van der Waals surface area contributed by atoms with Crippen LogP contribution in [0.25, 0.3) is 11.0 Å². The molecule has 6 rings (SSSR count). The zero-order chi connectivity index (χ0) is 28.8. The number of aromatic nitrogens is 2. The van der Waals surface area contributed by atoms with Gasteiger partial charge in [0.25, 0.3) is 0 Å². The Hall–Kier alpha value is -4.07. The molecule has 0 radical (unpaired) electrons. The second kappa shape index (κ2) is 10.7. The number of benzene rings is 2. The van der Waals surface area contributed by atoms with Crippen LogP contribution >= 0.6 is 0 Å². The van der Waals surface area contributed by atoms with E-state index >= 15 is 0 Å². The molecule has 0 bridgehead atoms. The second-order valence-electron chi connectivity index (χ2n) is 9.75. The fraction of sp³-hybridized carbons (Fsp3) is 0.286. The Morgan fingerprint density at radius 2 is 1.71 bits per heavy atom. The van der Waals surface area contributed by atoms with Crippen molar-refractivity contribution >= 4 is 39.4 Å². The van der Waals surface area contributed by atoms with Gasteiger partial charge in [-0.3, -0.25) is 14.7 Å². The second-order valence-corrected chi connectivity index (χ2v) is 11.1. The van der Waals surface area contributed by atoms with E-state index in [-0.39, 0.29) is 13.1 Å². The van der Waals surface area contributed by atoms with Crippen LogP contribution in [0.3, 0.4) is 0 Å². The number of morpholine rings is 1. The smallest absolute Gasteiger partial charge is 0.329 e. The number of rotatable bonds is 6. The number of nitrogens with zero attached hydrogens (tertiary/aromatic N) is 5. The Bertz CT molecular complexity index is 1650. The Morgan fingerprint density at radius 1 is 1.02 bits per heavy atom. The first kappa shape index (κ1) is 27.1. The van der Waals surface area contributed by atoms with Crippen molar-refractivity contribution in [3.63, 3.8) is 0 Å². The molecule has 10 nitrogen and oxygen atoms in total. The summed E-state index contributed by atoms with van der Waals surface area (Å²) < 4.78 is 50.9. The molecule has 2 N–H and O–H groups in total. The summed E-state index contributed by atoms with van der Waals surface area (Å²) in [6.07, 6.45) is 1.50. The van der Waals surface area contributed by atoms with Gasteiger partial charge in [-0.15, -0.1) is 0 Å². The number of hydrogen-bond donors (Lipinski definition) is 2. The number of hydrogen-bond acceptors (Lipinski definition) is 7. The highest BCUT2D eigenvalue weighted by molar-refractivity contribution is 7.83. The van der Waals surface area contributed by atoms with Crippen LogP contribution < -0.4 is 9.80 Å². The summed E-state index contributed by atoms with van der Waals surface area (Å²) in [5, 5.41) is 20.3. The predicted octanol–water partition coefficient (Wildman–Crippen LogP) is 4.10. The van der Waals surface area contributed by atoms with E-state index in [0.717, 1.165) is 10.6 Å². The van der Waals surface area contributed by atoms with Gasteiger partial charge in [-0.1, -0.05) is 18.2 Å². The topological polar surface area (TPSA) is 111 Å². The molecule has 1 unspecified atom stereocenters. The summed E-state index contributed by atoms with van der Waals surface area (Å²) >= 11 is 0. The highest BCUT2D eigenvalue weighted by atomic mass is 32.2. The van der Waals surface area contributed by atoms with Crippen LogP contribution in [0.1, 0.15) is 18.2 Å². The van der Waals surface area contributed by atoms with Crippen molar-refractivity contribution in [2.75, 3.05) is 42.6 Å². The summed E-state index contributed by atoms with van der Waals surface area (Å²) in [6, 6.07) is 10.7. The molecule has 0 aliphatic carbocycles.